The summed E-state index contributed by atoms with van der Waals surface area (Å²) < 4.78 is 26.7. The van der Waals surface area contributed by atoms with Crippen LogP contribution in [0.4, 0.5) is 0 Å². The Morgan fingerprint density at radius 2 is 1.80 bits per heavy atom. The van der Waals surface area contributed by atoms with Crippen LogP contribution in [0.25, 0.3) is 0 Å². The molecule has 1 aliphatic heterocycles. The Hall–Kier alpha value is -0.130. The van der Waals surface area contributed by atoms with Crippen molar-refractivity contribution in [2.45, 2.75) is 64.8 Å². The van der Waals surface area contributed by atoms with Crippen LogP contribution < -0.4 is 5.73 Å². The van der Waals surface area contributed by atoms with Crippen molar-refractivity contribution in [2.75, 3.05) is 18.8 Å². The van der Waals surface area contributed by atoms with E-state index < -0.39 is 10.0 Å². The van der Waals surface area contributed by atoms with Crippen LogP contribution in [0.1, 0.15) is 58.8 Å². The highest BCUT2D eigenvalue weighted by molar-refractivity contribution is 7.89. The smallest absolute Gasteiger partial charge is 0.215 e. The maximum atomic E-state index is 12.5. The molecule has 1 atom stereocenters. The third-order valence-electron chi connectivity index (χ3n) is 5.58. The summed E-state index contributed by atoms with van der Waals surface area (Å²) in [7, 11) is -3.17. The topological polar surface area (TPSA) is 63.4 Å². The van der Waals surface area contributed by atoms with Crippen molar-refractivity contribution >= 4 is 10.0 Å². The van der Waals surface area contributed by atoms with Gasteiger partial charge in [-0.3, -0.25) is 0 Å². The Bertz CT molecular complexity index is 408. The van der Waals surface area contributed by atoms with Gasteiger partial charge in [-0.1, -0.05) is 33.1 Å². The first-order chi connectivity index (χ1) is 9.36. The first kappa shape index (κ1) is 16.2. The first-order valence-electron chi connectivity index (χ1n) is 8.10. The van der Waals surface area contributed by atoms with Crippen LogP contribution in [0.2, 0.25) is 0 Å². The van der Waals surface area contributed by atoms with Gasteiger partial charge in [0.2, 0.25) is 10.0 Å². The van der Waals surface area contributed by atoms with Crippen LogP contribution in [0.15, 0.2) is 0 Å². The van der Waals surface area contributed by atoms with E-state index in [0.717, 1.165) is 32.1 Å². The second-order valence-corrected chi connectivity index (χ2v) is 9.06. The van der Waals surface area contributed by atoms with Crippen molar-refractivity contribution in [3.05, 3.63) is 0 Å². The van der Waals surface area contributed by atoms with Gasteiger partial charge >= 0.3 is 0 Å². The largest absolute Gasteiger partial charge is 0.326 e. The van der Waals surface area contributed by atoms with Crippen LogP contribution in [-0.4, -0.2) is 37.6 Å². The number of rotatable bonds is 5. The molecule has 4 nitrogen and oxygen atoms in total. The third kappa shape index (κ3) is 3.74. The first-order valence-corrected chi connectivity index (χ1v) is 9.71. The molecule has 1 unspecified atom stereocenters. The summed E-state index contributed by atoms with van der Waals surface area (Å²) in [5.41, 5.74) is 6.46. The molecule has 2 rings (SSSR count). The summed E-state index contributed by atoms with van der Waals surface area (Å²) in [5.74, 6) is 0.552. The number of sulfonamides is 1. The summed E-state index contributed by atoms with van der Waals surface area (Å²) in [5, 5.41) is 0. The molecule has 1 aliphatic carbocycles. The number of nitrogens with zero attached hydrogens (tertiary/aromatic N) is 1. The summed E-state index contributed by atoms with van der Waals surface area (Å²) in [4.78, 5) is 0. The summed E-state index contributed by atoms with van der Waals surface area (Å²) in [6, 6.07) is -0.179. The van der Waals surface area contributed by atoms with Gasteiger partial charge in [0.05, 0.1) is 5.75 Å². The molecular formula is C15H30N2O2S. The van der Waals surface area contributed by atoms with E-state index in [1.165, 1.54) is 12.8 Å². The second kappa shape index (κ2) is 6.32. The molecule has 0 aromatic carbocycles. The van der Waals surface area contributed by atoms with Crippen molar-refractivity contribution in [2.24, 2.45) is 17.1 Å². The van der Waals surface area contributed by atoms with Gasteiger partial charge in [0.1, 0.15) is 0 Å². The molecule has 0 spiro atoms. The van der Waals surface area contributed by atoms with E-state index >= 15 is 0 Å². The molecule has 5 heteroatoms. The molecule has 1 saturated heterocycles. The molecule has 2 N–H and O–H groups in total. The lowest BCUT2D eigenvalue weighted by Gasteiger charge is -2.38. The van der Waals surface area contributed by atoms with Gasteiger partial charge in [0, 0.05) is 19.1 Å². The van der Waals surface area contributed by atoms with E-state index in [1.807, 2.05) is 0 Å². The van der Waals surface area contributed by atoms with Crippen LogP contribution >= 0.6 is 0 Å². The Kier molecular flexibility index (Phi) is 5.14. The highest BCUT2D eigenvalue weighted by Crippen LogP contribution is 2.35. The summed E-state index contributed by atoms with van der Waals surface area (Å²) in [6.45, 7) is 5.80. The number of hydrogen-bond acceptors (Lipinski definition) is 3. The fourth-order valence-corrected chi connectivity index (χ4v) is 5.24. The Morgan fingerprint density at radius 1 is 1.25 bits per heavy atom. The fraction of sp³-hybridized carbons (Fsp3) is 1.00. The second-order valence-electron chi connectivity index (χ2n) is 7.05. The van der Waals surface area contributed by atoms with Gasteiger partial charge in [-0.2, -0.15) is 0 Å². The van der Waals surface area contributed by atoms with E-state index in [-0.39, 0.29) is 11.8 Å². The Morgan fingerprint density at radius 3 is 2.30 bits per heavy atom. The van der Waals surface area contributed by atoms with Crippen molar-refractivity contribution in [1.82, 2.24) is 4.31 Å². The molecule has 0 bridgehead atoms. The normalized spacial score (nSPS) is 26.8. The SMILES string of the molecule is CCC1(C)CCN(S(=O)(=O)CC(N)C2CCCC2)CC1. The van der Waals surface area contributed by atoms with Gasteiger partial charge in [-0.25, -0.2) is 12.7 Å². The lowest BCUT2D eigenvalue weighted by Crippen LogP contribution is -2.47. The summed E-state index contributed by atoms with van der Waals surface area (Å²) >= 11 is 0. The molecule has 118 valence electrons. The molecule has 0 radical (unpaired) electrons. The van der Waals surface area contributed by atoms with Crippen LogP contribution in [0.5, 0.6) is 0 Å². The van der Waals surface area contributed by atoms with Crippen LogP contribution in [0, 0.1) is 11.3 Å². The van der Waals surface area contributed by atoms with Crippen LogP contribution in [-0.2, 0) is 10.0 Å². The molecule has 0 amide bonds. The average Bonchev–Trinajstić information content (AvgIpc) is 2.93. The van der Waals surface area contributed by atoms with Gasteiger partial charge in [0.15, 0.2) is 0 Å². The Labute approximate surface area is 124 Å². The zero-order chi connectivity index (χ0) is 14.8. The minimum Gasteiger partial charge on any atom is -0.326 e. The monoisotopic (exact) mass is 302 g/mol. The van der Waals surface area contributed by atoms with Crippen molar-refractivity contribution in [1.29, 1.82) is 0 Å². The van der Waals surface area contributed by atoms with Crippen molar-refractivity contribution in [3.8, 4) is 0 Å². The molecule has 2 aliphatic rings. The van der Waals surface area contributed by atoms with E-state index in [2.05, 4.69) is 13.8 Å². The Balaban J connectivity index is 1.90. The number of piperidine rings is 1. The van der Waals surface area contributed by atoms with E-state index in [1.54, 1.807) is 4.31 Å². The zero-order valence-corrected chi connectivity index (χ0v) is 13.8. The highest BCUT2D eigenvalue weighted by Gasteiger charge is 2.35. The molecule has 1 saturated carbocycles. The molecule has 20 heavy (non-hydrogen) atoms. The maximum Gasteiger partial charge on any atom is 0.215 e. The summed E-state index contributed by atoms with van der Waals surface area (Å²) in [6.07, 6.45) is 7.69. The highest BCUT2D eigenvalue weighted by atomic mass is 32.2. The number of nitrogens with two attached hydrogens (primary N) is 1. The predicted molar refractivity (Wildman–Crippen MR) is 82.9 cm³/mol. The van der Waals surface area contributed by atoms with Gasteiger partial charge < -0.3 is 5.73 Å². The van der Waals surface area contributed by atoms with E-state index in [0.29, 0.717) is 24.4 Å². The van der Waals surface area contributed by atoms with Gasteiger partial charge in [-0.15, -0.1) is 0 Å². The van der Waals surface area contributed by atoms with Gasteiger partial charge in [-0.05, 0) is 37.0 Å². The van der Waals surface area contributed by atoms with Crippen molar-refractivity contribution in [3.63, 3.8) is 0 Å². The standard InChI is InChI=1S/C15H30N2O2S/c1-3-15(2)8-10-17(11-9-15)20(18,19)12-14(16)13-6-4-5-7-13/h13-14H,3-12,16H2,1-2H3. The third-order valence-corrected chi connectivity index (χ3v) is 7.54. The van der Waals surface area contributed by atoms with E-state index in [9.17, 15) is 8.42 Å². The number of hydrogen-bond donors (Lipinski definition) is 1. The predicted octanol–water partition coefficient (Wildman–Crippen LogP) is 2.35. The molecule has 1 heterocycles. The van der Waals surface area contributed by atoms with Gasteiger partial charge in [0.25, 0.3) is 0 Å². The van der Waals surface area contributed by atoms with E-state index in [4.69, 9.17) is 5.73 Å². The molecule has 0 aromatic heterocycles. The molecule has 0 aromatic rings. The molecule has 2 fully saturated rings. The lowest BCUT2D eigenvalue weighted by molar-refractivity contribution is 0.168. The van der Waals surface area contributed by atoms with Crippen molar-refractivity contribution < 1.29 is 8.42 Å². The molecular weight excluding hydrogens is 272 g/mol. The zero-order valence-electron chi connectivity index (χ0n) is 13.0. The quantitative estimate of drug-likeness (QED) is 0.848. The minimum atomic E-state index is -3.17. The minimum absolute atomic E-state index is 0.139. The average molecular weight is 302 g/mol. The lowest BCUT2D eigenvalue weighted by atomic mass is 9.79. The van der Waals surface area contributed by atoms with Crippen LogP contribution in [0.3, 0.4) is 0 Å². The maximum absolute atomic E-state index is 12.5. The fourth-order valence-electron chi connectivity index (χ4n) is 3.53.